The van der Waals surface area contributed by atoms with Crippen molar-refractivity contribution in [2.24, 2.45) is 5.73 Å². The molecule has 106 valence electrons. The molecule has 0 heterocycles. The minimum atomic E-state index is -0.962. The molecular formula is C14H21NO4. The third-order valence-electron chi connectivity index (χ3n) is 3.11. The molecule has 19 heavy (non-hydrogen) atoms. The minimum Gasteiger partial charge on any atom is -0.496 e. The molecule has 0 fully saturated rings. The normalized spacial score (nSPS) is 12.3. The number of methoxy groups -OCH3 is 2. The number of nitrogens with two attached hydrogens (primary N) is 1. The van der Waals surface area contributed by atoms with Crippen LogP contribution in [0.3, 0.4) is 0 Å². The van der Waals surface area contributed by atoms with Crippen molar-refractivity contribution in [2.45, 2.75) is 25.7 Å². The molecule has 0 saturated carbocycles. The highest BCUT2D eigenvalue weighted by atomic mass is 16.5. The predicted octanol–water partition coefficient (Wildman–Crippen LogP) is 1.95. The van der Waals surface area contributed by atoms with E-state index in [1.54, 1.807) is 19.2 Å². The molecule has 1 unspecified atom stereocenters. The number of carboxylic acid groups (broad SMARTS) is 1. The third kappa shape index (κ3) is 2.98. The van der Waals surface area contributed by atoms with Crippen LogP contribution in [-0.2, 0) is 4.79 Å². The number of ether oxygens (including phenoxy) is 2. The van der Waals surface area contributed by atoms with Gasteiger partial charge in [-0.05, 0) is 18.1 Å². The van der Waals surface area contributed by atoms with Gasteiger partial charge in [0.25, 0.3) is 0 Å². The van der Waals surface area contributed by atoms with E-state index in [1.807, 2.05) is 13.8 Å². The van der Waals surface area contributed by atoms with Crippen LogP contribution >= 0.6 is 0 Å². The maximum absolute atomic E-state index is 11.4. The highest BCUT2D eigenvalue weighted by molar-refractivity contribution is 5.79. The van der Waals surface area contributed by atoms with Gasteiger partial charge in [-0.3, -0.25) is 4.79 Å². The van der Waals surface area contributed by atoms with Gasteiger partial charge >= 0.3 is 5.97 Å². The fourth-order valence-electron chi connectivity index (χ4n) is 2.25. The first-order valence-electron chi connectivity index (χ1n) is 6.15. The van der Waals surface area contributed by atoms with Crippen LogP contribution in [0.5, 0.6) is 11.5 Å². The van der Waals surface area contributed by atoms with Crippen molar-refractivity contribution < 1.29 is 19.4 Å². The molecule has 0 radical (unpaired) electrons. The molecular weight excluding hydrogens is 246 g/mol. The quantitative estimate of drug-likeness (QED) is 0.823. The van der Waals surface area contributed by atoms with Crippen LogP contribution in [-0.4, -0.2) is 31.8 Å². The topological polar surface area (TPSA) is 81.8 Å². The second-order valence-corrected chi connectivity index (χ2v) is 4.58. The van der Waals surface area contributed by atoms with E-state index in [-0.39, 0.29) is 12.5 Å². The van der Waals surface area contributed by atoms with Gasteiger partial charge in [0, 0.05) is 17.7 Å². The van der Waals surface area contributed by atoms with E-state index in [4.69, 9.17) is 15.2 Å². The molecule has 0 aliphatic rings. The Bertz CT molecular complexity index is 457. The second-order valence-electron chi connectivity index (χ2n) is 4.58. The standard InChI is InChI=1S/C14H21NO4/c1-8(2)12-10(18-3)5-6-11(19-4)13(12)9(7-15)14(16)17/h5-6,8-9H,7,15H2,1-4H3,(H,16,17). The van der Waals surface area contributed by atoms with Gasteiger partial charge in [0.15, 0.2) is 0 Å². The Morgan fingerprint density at radius 2 is 1.68 bits per heavy atom. The fourth-order valence-corrected chi connectivity index (χ4v) is 2.25. The Labute approximate surface area is 113 Å². The van der Waals surface area contributed by atoms with Crippen molar-refractivity contribution in [3.05, 3.63) is 23.3 Å². The first-order valence-corrected chi connectivity index (χ1v) is 6.15. The van der Waals surface area contributed by atoms with Crippen LogP contribution in [0.1, 0.15) is 36.8 Å². The molecule has 0 aromatic heterocycles. The van der Waals surface area contributed by atoms with Crippen molar-refractivity contribution in [3.63, 3.8) is 0 Å². The SMILES string of the molecule is COc1ccc(OC)c(C(CN)C(=O)O)c1C(C)C. The lowest BCUT2D eigenvalue weighted by molar-refractivity contribution is -0.138. The van der Waals surface area contributed by atoms with Crippen LogP contribution in [0, 0.1) is 0 Å². The lowest BCUT2D eigenvalue weighted by atomic mass is 9.87. The predicted molar refractivity (Wildman–Crippen MR) is 73.1 cm³/mol. The summed E-state index contributed by atoms with van der Waals surface area (Å²) in [6.45, 7) is 3.98. The van der Waals surface area contributed by atoms with Crippen LogP contribution in [0.4, 0.5) is 0 Å². The van der Waals surface area contributed by atoms with E-state index in [2.05, 4.69) is 0 Å². The molecule has 1 rings (SSSR count). The monoisotopic (exact) mass is 267 g/mol. The van der Waals surface area contributed by atoms with Crippen LogP contribution in [0.15, 0.2) is 12.1 Å². The summed E-state index contributed by atoms with van der Waals surface area (Å²) in [4.78, 5) is 11.4. The summed E-state index contributed by atoms with van der Waals surface area (Å²) in [5.41, 5.74) is 7.05. The molecule has 0 saturated heterocycles. The summed E-state index contributed by atoms with van der Waals surface area (Å²) in [5.74, 6) is -0.472. The Balaban J connectivity index is 3.59. The minimum absolute atomic E-state index is 0.0125. The van der Waals surface area contributed by atoms with E-state index in [1.165, 1.54) is 7.11 Å². The first kappa shape index (κ1) is 15.3. The molecule has 5 nitrogen and oxygen atoms in total. The number of hydrogen-bond donors (Lipinski definition) is 2. The van der Waals surface area contributed by atoms with Gasteiger partial charge in [-0.1, -0.05) is 13.8 Å². The van der Waals surface area contributed by atoms with Gasteiger partial charge in [-0.25, -0.2) is 0 Å². The first-order chi connectivity index (χ1) is 8.97. The smallest absolute Gasteiger partial charge is 0.312 e. The molecule has 3 N–H and O–H groups in total. The summed E-state index contributed by atoms with van der Waals surface area (Å²) in [6.07, 6.45) is 0. The summed E-state index contributed by atoms with van der Waals surface area (Å²) in [7, 11) is 3.08. The molecule has 0 amide bonds. The van der Waals surface area contributed by atoms with Gasteiger partial charge in [0.1, 0.15) is 11.5 Å². The van der Waals surface area contributed by atoms with Crippen LogP contribution < -0.4 is 15.2 Å². The number of benzene rings is 1. The summed E-state index contributed by atoms with van der Waals surface area (Å²) >= 11 is 0. The zero-order chi connectivity index (χ0) is 14.6. The molecule has 1 aromatic carbocycles. The molecule has 0 spiro atoms. The number of carbonyl (C=O) groups is 1. The lowest BCUT2D eigenvalue weighted by Crippen LogP contribution is -2.23. The molecule has 0 bridgehead atoms. The van der Waals surface area contributed by atoms with Gasteiger partial charge in [-0.15, -0.1) is 0 Å². The van der Waals surface area contributed by atoms with E-state index < -0.39 is 11.9 Å². The van der Waals surface area contributed by atoms with E-state index >= 15 is 0 Å². The van der Waals surface area contributed by atoms with E-state index in [0.717, 1.165) is 5.56 Å². The van der Waals surface area contributed by atoms with E-state index in [9.17, 15) is 9.90 Å². The zero-order valence-electron chi connectivity index (χ0n) is 11.8. The average Bonchev–Trinajstić information content (AvgIpc) is 2.37. The van der Waals surface area contributed by atoms with Gasteiger partial charge in [0.2, 0.25) is 0 Å². The Kier molecular flexibility index (Phi) is 5.18. The van der Waals surface area contributed by atoms with Crippen LogP contribution in [0.2, 0.25) is 0 Å². The van der Waals surface area contributed by atoms with E-state index in [0.29, 0.717) is 17.1 Å². The Morgan fingerprint density at radius 1 is 1.21 bits per heavy atom. The van der Waals surface area contributed by atoms with Crippen molar-refractivity contribution in [1.82, 2.24) is 0 Å². The molecule has 1 aromatic rings. The average molecular weight is 267 g/mol. The van der Waals surface area contributed by atoms with Gasteiger partial charge < -0.3 is 20.3 Å². The Morgan fingerprint density at radius 3 is 2.00 bits per heavy atom. The third-order valence-corrected chi connectivity index (χ3v) is 3.11. The maximum atomic E-state index is 11.4. The molecule has 1 atom stereocenters. The highest BCUT2D eigenvalue weighted by Crippen LogP contribution is 2.39. The number of rotatable bonds is 6. The molecule has 0 aliphatic carbocycles. The molecule has 0 aliphatic heterocycles. The fraction of sp³-hybridized carbons (Fsp3) is 0.500. The number of hydrogen-bond acceptors (Lipinski definition) is 4. The summed E-state index contributed by atoms with van der Waals surface area (Å²) in [5, 5.41) is 9.34. The van der Waals surface area contributed by atoms with Crippen molar-refractivity contribution in [3.8, 4) is 11.5 Å². The summed E-state index contributed by atoms with van der Waals surface area (Å²) in [6, 6.07) is 3.50. The number of carboxylic acids is 1. The van der Waals surface area contributed by atoms with Gasteiger partial charge in [0.05, 0.1) is 20.1 Å². The second kappa shape index (κ2) is 6.43. The maximum Gasteiger partial charge on any atom is 0.312 e. The van der Waals surface area contributed by atoms with Crippen molar-refractivity contribution in [2.75, 3.05) is 20.8 Å². The highest BCUT2D eigenvalue weighted by Gasteiger charge is 2.28. The molecule has 5 heteroatoms. The van der Waals surface area contributed by atoms with Gasteiger partial charge in [-0.2, -0.15) is 0 Å². The lowest BCUT2D eigenvalue weighted by Gasteiger charge is -2.23. The summed E-state index contributed by atoms with van der Waals surface area (Å²) < 4.78 is 10.6. The van der Waals surface area contributed by atoms with Crippen LogP contribution in [0.25, 0.3) is 0 Å². The number of aliphatic carboxylic acids is 1. The van der Waals surface area contributed by atoms with Crippen molar-refractivity contribution >= 4 is 5.97 Å². The van der Waals surface area contributed by atoms with Crippen molar-refractivity contribution in [1.29, 1.82) is 0 Å². The Hall–Kier alpha value is -1.75. The zero-order valence-corrected chi connectivity index (χ0v) is 11.8. The largest absolute Gasteiger partial charge is 0.496 e.